The number of benzene rings is 1. The van der Waals surface area contributed by atoms with Gasteiger partial charge in [-0.3, -0.25) is 9.69 Å². The van der Waals surface area contributed by atoms with Crippen molar-refractivity contribution in [3.05, 3.63) is 29.8 Å². The summed E-state index contributed by atoms with van der Waals surface area (Å²) in [5.74, 6) is -0.0602. The summed E-state index contributed by atoms with van der Waals surface area (Å²) in [6, 6.07) is 7.21. The highest BCUT2D eigenvalue weighted by Gasteiger charge is 2.30. The molecule has 1 N–H and O–H groups in total. The molecule has 21 heavy (non-hydrogen) atoms. The van der Waals surface area contributed by atoms with E-state index in [4.69, 9.17) is 4.74 Å². The maximum atomic E-state index is 11.8. The van der Waals surface area contributed by atoms with E-state index in [-0.39, 0.29) is 0 Å². The lowest BCUT2D eigenvalue weighted by Crippen LogP contribution is -2.40. The van der Waals surface area contributed by atoms with E-state index in [0.29, 0.717) is 12.6 Å². The first-order valence-corrected chi connectivity index (χ1v) is 7.81. The Morgan fingerprint density at radius 2 is 2.10 bits per heavy atom. The molecule has 4 nitrogen and oxygen atoms in total. The average molecular weight is 291 g/mol. The molecular weight excluding hydrogens is 266 g/mol. The van der Waals surface area contributed by atoms with E-state index in [1.54, 1.807) is 0 Å². The van der Waals surface area contributed by atoms with Crippen molar-refractivity contribution in [3.8, 4) is 5.75 Å². The quantitative estimate of drug-likeness (QED) is 0.872. The van der Waals surface area contributed by atoms with Crippen LogP contribution >= 0.6 is 0 Å². The van der Waals surface area contributed by atoms with E-state index in [1.165, 1.54) is 19.3 Å². The zero-order valence-corrected chi connectivity index (χ0v) is 12.9. The number of rotatable bonds is 6. The number of hydrogen-bond acceptors (Lipinski definition) is 3. The van der Waals surface area contributed by atoms with Crippen LogP contribution in [-0.4, -0.2) is 35.7 Å². The Balaban J connectivity index is 2.21. The fraction of sp³-hybridized carbons (Fsp3) is 0.588. The minimum Gasteiger partial charge on any atom is -0.494 e. The Kier molecular flexibility index (Phi) is 5.62. The summed E-state index contributed by atoms with van der Waals surface area (Å²) in [4.78, 5) is 13.8. The van der Waals surface area contributed by atoms with Crippen LogP contribution in [0.1, 0.15) is 50.6 Å². The summed E-state index contributed by atoms with van der Waals surface area (Å²) in [6.45, 7) is 2.51. The number of carbonyl (C=O) groups is 1. The lowest BCUT2D eigenvalue weighted by Gasteiger charge is -2.35. The van der Waals surface area contributed by atoms with Gasteiger partial charge in [0, 0.05) is 6.04 Å². The first-order valence-electron chi connectivity index (χ1n) is 7.81. The number of likely N-dealkylation sites (N-methyl/N-ethyl adjacent to an activating group) is 1. The number of hydrogen-bond donors (Lipinski definition) is 1. The van der Waals surface area contributed by atoms with Crippen LogP contribution in [0.25, 0.3) is 0 Å². The molecule has 1 aromatic rings. The number of ether oxygens (including phenoxy) is 1. The molecule has 0 aliphatic heterocycles. The Morgan fingerprint density at radius 1 is 1.38 bits per heavy atom. The Morgan fingerprint density at radius 3 is 2.71 bits per heavy atom. The predicted molar refractivity (Wildman–Crippen MR) is 82.6 cm³/mol. The molecule has 1 aliphatic rings. The molecule has 1 unspecified atom stereocenters. The van der Waals surface area contributed by atoms with Crippen molar-refractivity contribution >= 4 is 5.97 Å². The summed E-state index contributed by atoms with van der Waals surface area (Å²) in [6.07, 6.45) is 5.83. The van der Waals surface area contributed by atoms with Gasteiger partial charge in [0.15, 0.2) is 0 Å². The van der Waals surface area contributed by atoms with Crippen LogP contribution in [0.4, 0.5) is 0 Å². The molecule has 1 aliphatic carbocycles. The van der Waals surface area contributed by atoms with Crippen molar-refractivity contribution in [3.63, 3.8) is 0 Å². The molecule has 0 bridgehead atoms. The lowest BCUT2D eigenvalue weighted by molar-refractivity contribution is -0.144. The minimum atomic E-state index is -0.795. The number of carboxylic acid groups (broad SMARTS) is 1. The summed E-state index contributed by atoms with van der Waals surface area (Å²) >= 11 is 0. The van der Waals surface area contributed by atoms with Crippen LogP contribution in [0.5, 0.6) is 5.75 Å². The average Bonchev–Trinajstić information content (AvgIpc) is 2.48. The molecule has 0 heterocycles. The molecule has 0 spiro atoms. The third-order valence-corrected chi connectivity index (χ3v) is 4.28. The van der Waals surface area contributed by atoms with Gasteiger partial charge in [-0.1, -0.05) is 31.4 Å². The van der Waals surface area contributed by atoms with E-state index in [2.05, 4.69) is 0 Å². The van der Waals surface area contributed by atoms with Crippen LogP contribution in [0.15, 0.2) is 24.3 Å². The topological polar surface area (TPSA) is 49.8 Å². The SMILES string of the molecule is CCOc1cccc(C(C(=O)O)N(C)C2CCCCC2)c1. The molecule has 0 aromatic heterocycles. The monoisotopic (exact) mass is 291 g/mol. The molecular formula is C17H25NO3. The maximum absolute atomic E-state index is 11.8. The van der Waals surface area contributed by atoms with Crippen LogP contribution in [0, 0.1) is 0 Å². The van der Waals surface area contributed by atoms with Crippen LogP contribution in [-0.2, 0) is 4.79 Å². The van der Waals surface area contributed by atoms with Crippen molar-refractivity contribution < 1.29 is 14.6 Å². The van der Waals surface area contributed by atoms with Gasteiger partial charge in [-0.2, -0.15) is 0 Å². The Bertz CT molecular complexity index is 469. The van der Waals surface area contributed by atoms with Crippen molar-refractivity contribution in [2.24, 2.45) is 0 Å². The van der Waals surface area contributed by atoms with E-state index in [1.807, 2.05) is 43.1 Å². The molecule has 0 saturated heterocycles. The Hall–Kier alpha value is -1.55. The van der Waals surface area contributed by atoms with E-state index in [9.17, 15) is 9.90 Å². The standard InChI is InChI=1S/C17H25NO3/c1-3-21-15-11-7-8-13(12-15)16(17(19)20)18(2)14-9-5-4-6-10-14/h7-8,11-12,14,16H,3-6,9-10H2,1-2H3,(H,19,20). The second-order valence-electron chi connectivity index (χ2n) is 5.70. The highest BCUT2D eigenvalue weighted by molar-refractivity contribution is 5.75. The molecule has 1 saturated carbocycles. The largest absolute Gasteiger partial charge is 0.494 e. The number of aliphatic carboxylic acids is 1. The first kappa shape index (κ1) is 15.8. The first-order chi connectivity index (χ1) is 10.1. The van der Waals surface area contributed by atoms with Crippen molar-refractivity contribution in [2.45, 2.75) is 51.1 Å². The van der Waals surface area contributed by atoms with Gasteiger partial charge in [0.25, 0.3) is 0 Å². The summed E-state index contributed by atoms with van der Waals surface area (Å²) in [5.41, 5.74) is 0.793. The van der Waals surface area contributed by atoms with Crippen LogP contribution in [0.2, 0.25) is 0 Å². The van der Waals surface area contributed by atoms with Gasteiger partial charge < -0.3 is 9.84 Å². The molecule has 2 rings (SSSR count). The zero-order valence-electron chi connectivity index (χ0n) is 12.9. The maximum Gasteiger partial charge on any atom is 0.325 e. The molecule has 1 atom stereocenters. The highest BCUT2D eigenvalue weighted by atomic mass is 16.5. The predicted octanol–water partition coefficient (Wildman–Crippen LogP) is 3.48. The van der Waals surface area contributed by atoms with E-state index < -0.39 is 12.0 Å². The van der Waals surface area contributed by atoms with Gasteiger partial charge in [-0.15, -0.1) is 0 Å². The highest BCUT2D eigenvalue weighted by Crippen LogP contribution is 2.30. The molecule has 4 heteroatoms. The number of nitrogens with zero attached hydrogens (tertiary/aromatic N) is 1. The summed E-state index contributed by atoms with van der Waals surface area (Å²) < 4.78 is 5.49. The van der Waals surface area contributed by atoms with E-state index in [0.717, 1.165) is 24.2 Å². The van der Waals surface area contributed by atoms with E-state index >= 15 is 0 Å². The Labute approximate surface area is 126 Å². The third kappa shape index (κ3) is 3.97. The lowest BCUT2D eigenvalue weighted by atomic mass is 9.92. The third-order valence-electron chi connectivity index (χ3n) is 4.28. The zero-order chi connectivity index (χ0) is 15.2. The van der Waals surface area contributed by atoms with Gasteiger partial charge in [-0.25, -0.2) is 0 Å². The van der Waals surface area contributed by atoms with Gasteiger partial charge in [0.2, 0.25) is 0 Å². The van der Waals surface area contributed by atoms with Gasteiger partial charge in [-0.05, 0) is 44.5 Å². The van der Waals surface area contributed by atoms with Gasteiger partial charge in [0.05, 0.1) is 6.61 Å². The van der Waals surface area contributed by atoms with Crippen molar-refractivity contribution in [1.29, 1.82) is 0 Å². The van der Waals surface area contributed by atoms with Crippen molar-refractivity contribution in [2.75, 3.05) is 13.7 Å². The second kappa shape index (κ2) is 7.46. The minimum absolute atomic E-state index is 0.357. The van der Waals surface area contributed by atoms with Crippen molar-refractivity contribution in [1.82, 2.24) is 4.90 Å². The summed E-state index contributed by atoms with van der Waals surface area (Å²) in [7, 11) is 1.93. The number of carboxylic acids is 1. The molecule has 1 fully saturated rings. The second-order valence-corrected chi connectivity index (χ2v) is 5.70. The normalized spacial score (nSPS) is 17.7. The smallest absolute Gasteiger partial charge is 0.325 e. The van der Waals surface area contributed by atoms with Gasteiger partial charge in [0.1, 0.15) is 11.8 Å². The molecule has 1 aromatic carbocycles. The fourth-order valence-electron chi connectivity index (χ4n) is 3.19. The van der Waals surface area contributed by atoms with Crippen LogP contribution < -0.4 is 4.74 Å². The molecule has 116 valence electrons. The molecule has 0 radical (unpaired) electrons. The van der Waals surface area contributed by atoms with Gasteiger partial charge >= 0.3 is 5.97 Å². The molecule has 0 amide bonds. The summed E-state index contributed by atoms with van der Waals surface area (Å²) in [5, 5.41) is 9.67. The van der Waals surface area contributed by atoms with Crippen LogP contribution in [0.3, 0.4) is 0 Å². The fourth-order valence-corrected chi connectivity index (χ4v) is 3.19.